The Hall–Kier alpha value is -0.120. The van der Waals surface area contributed by atoms with E-state index in [4.69, 9.17) is 10.2 Å². The fourth-order valence-electron chi connectivity index (χ4n) is 1.71. The molecule has 0 unspecified atom stereocenters. The highest BCUT2D eigenvalue weighted by Gasteiger charge is 2.07. The van der Waals surface area contributed by atoms with E-state index >= 15 is 0 Å². The monoisotopic (exact) mass is 203 g/mol. The molecule has 0 aromatic rings. The normalized spacial score (nSPS) is 21.6. The van der Waals surface area contributed by atoms with Gasteiger partial charge in [0.05, 0.1) is 6.10 Å². The summed E-state index contributed by atoms with van der Waals surface area (Å²) in [5.41, 5.74) is 0. The SMILES string of the molecule is C1CCNC1.CO.OC1CCCCC1. The third-order valence-electron chi connectivity index (χ3n) is 2.53. The van der Waals surface area contributed by atoms with Crippen LogP contribution in [0, 0.1) is 0 Å². The molecule has 3 nitrogen and oxygen atoms in total. The van der Waals surface area contributed by atoms with Gasteiger partial charge in [0, 0.05) is 7.11 Å². The van der Waals surface area contributed by atoms with Crippen LogP contribution in [0.15, 0.2) is 0 Å². The van der Waals surface area contributed by atoms with E-state index in [0.29, 0.717) is 0 Å². The van der Waals surface area contributed by atoms with Gasteiger partial charge in [-0.15, -0.1) is 0 Å². The Balaban J connectivity index is 0.000000213. The molecule has 86 valence electrons. The van der Waals surface area contributed by atoms with E-state index in [2.05, 4.69) is 5.32 Å². The van der Waals surface area contributed by atoms with Crippen molar-refractivity contribution in [2.24, 2.45) is 0 Å². The van der Waals surface area contributed by atoms with Crippen LogP contribution in [-0.4, -0.2) is 36.5 Å². The van der Waals surface area contributed by atoms with Gasteiger partial charge in [-0.2, -0.15) is 0 Å². The molecule has 3 N–H and O–H groups in total. The summed E-state index contributed by atoms with van der Waals surface area (Å²) in [5, 5.41) is 19.1. The quantitative estimate of drug-likeness (QED) is 0.556. The molecule has 0 radical (unpaired) electrons. The topological polar surface area (TPSA) is 52.5 Å². The summed E-state index contributed by atoms with van der Waals surface area (Å²) >= 11 is 0. The molecule has 0 atom stereocenters. The van der Waals surface area contributed by atoms with Gasteiger partial charge in [-0.3, -0.25) is 0 Å². The van der Waals surface area contributed by atoms with Gasteiger partial charge in [-0.25, -0.2) is 0 Å². The van der Waals surface area contributed by atoms with Crippen molar-refractivity contribution >= 4 is 0 Å². The van der Waals surface area contributed by atoms with Crippen LogP contribution >= 0.6 is 0 Å². The first kappa shape index (κ1) is 13.9. The van der Waals surface area contributed by atoms with Crippen LogP contribution in [0.5, 0.6) is 0 Å². The second kappa shape index (κ2) is 11.0. The maximum Gasteiger partial charge on any atom is 0.0540 e. The van der Waals surface area contributed by atoms with Gasteiger partial charge in [0.15, 0.2) is 0 Å². The number of nitrogens with one attached hydrogen (secondary N) is 1. The molecule has 2 rings (SSSR count). The van der Waals surface area contributed by atoms with Crippen LogP contribution in [0.3, 0.4) is 0 Å². The lowest BCUT2D eigenvalue weighted by Gasteiger charge is -2.14. The standard InChI is InChI=1S/C6H12O.C4H9N.CH4O/c7-6-4-2-1-3-5-6;1-2-4-5-3-1;1-2/h6-7H,1-5H2;5H,1-4H2;2H,1H3. The first-order chi connectivity index (χ1) is 6.89. The molecule has 0 aromatic heterocycles. The van der Waals surface area contributed by atoms with Crippen molar-refractivity contribution in [3.05, 3.63) is 0 Å². The second-order valence-corrected chi connectivity index (χ2v) is 3.75. The van der Waals surface area contributed by atoms with Gasteiger partial charge in [-0.05, 0) is 38.8 Å². The highest BCUT2D eigenvalue weighted by molar-refractivity contribution is 4.61. The van der Waals surface area contributed by atoms with E-state index < -0.39 is 0 Å². The average molecular weight is 203 g/mol. The summed E-state index contributed by atoms with van der Waals surface area (Å²) in [6, 6.07) is 0. The van der Waals surface area contributed by atoms with Crippen LogP contribution in [0.4, 0.5) is 0 Å². The average Bonchev–Trinajstić information content (AvgIpc) is 2.80. The molecule has 2 fully saturated rings. The van der Waals surface area contributed by atoms with Gasteiger partial charge in [0.1, 0.15) is 0 Å². The molecule has 1 aliphatic carbocycles. The minimum Gasteiger partial charge on any atom is -0.400 e. The zero-order chi connectivity index (χ0) is 10.6. The number of aliphatic hydroxyl groups excluding tert-OH is 2. The van der Waals surface area contributed by atoms with Gasteiger partial charge in [0.25, 0.3) is 0 Å². The van der Waals surface area contributed by atoms with Crippen molar-refractivity contribution in [1.82, 2.24) is 5.32 Å². The van der Waals surface area contributed by atoms with E-state index in [1.165, 1.54) is 45.2 Å². The largest absolute Gasteiger partial charge is 0.400 e. The summed E-state index contributed by atoms with van der Waals surface area (Å²) in [5.74, 6) is 0. The molecule has 0 spiro atoms. The Morgan fingerprint density at radius 2 is 1.36 bits per heavy atom. The molecule has 2 aliphatic rings. The van der Waals surface area contributed by atoms with Crippen molar-refractivity contribution in [1.29, 1.82) is 0 Å². The van der Waals surface area contributed by atoms with Crippen LogP contribution in [0.25, 0.3) is 0 Å². The molecule has 0 aromatic carbocycles. The molecule has 1 aliphatic heterocycles. The number of hydrogen-bond donors (Lipinski definition) is 3. The second-order valence-electron chi connectivity index (χ2n) is 3.75. The minimum atomic E-state index is 0.0359. The lowest BCUT2D eigenvalue weighted by atomic mass is 9.98. The van der Waals surface area contributed by atoms with E-state index in [9.17, 15) is 0 Å². The van der Waals surface area contributed by atoms with E-state index in [1.807, 2.05) is 0 Å². The number of rotatable bonds is 0. The Morgan fingerprint density at radius 3 is 1.57 bits per heavy atom. The van der Waals surface area contributed by atoms with Crippen molar-refractivity contribution in [2.75, 3.05) is 20.2 Å². The fraction of sp³-hybridized carbons (Fsp3) is 1.00. The van der Waals surface area contributed by atoms with E-state index in [-0.39, 0.29) is 6.10 Å². The maximum absolute atomic E-state index is 8.91. The smallest absolute Gasteiger partial charge is 0.0540 e. The predicted molar refractivity (Wildman–Crippen MR) is 59.3 cm³/mol. The molecule has 1 saturated carbocycles. The van der Waals surface area contributed by atoms with Gasteiger partial charge in [0.2, 0.25) is 0 Å². The predicted octanol–water partition coefficient (Wildman–Crippen LogP) is 1.29. The molecule has 3 heteroatoms. The number of hydrogen-bond acceptors (Lipinski definition) is 3. The Labute approximate surface area is 87.5 Å². The highest BCUT2D eigenvalue weighted by Crippen LogP contribution is 2.16. The minimum absolute atomic E-state index is 0.0359. The van der Waals surface area contributed by atoms with Crippen molar-refractivity contribution < 1.29 is 10.2 Å². The Bertz CT molecular complexity index is 91.9. The van der Waals surface area contributed by atoms with Crippen LogP contribution in [-0.2, 0) is 0 Å². The maximum atomic E-state index is 8.91. The lowest BCUT2D eigenvalue weighted by molar-refractivity contribution is 0.130. The third kappa shape index (κ3) is 8.48. The Morgan fingerprint density at radius 1 is 0.857 bits per heavy atom. The fourth-order valence-corrected chi connectivity index (χ4v) is 1.71. The van der Waals surface area contributed by atoms with Crippen LogP contribution in [0.1, 0.15) is 44.9 Å². The zero-order valence-electron chi connectivity index (χ0n) is 9.34. The molecule has 14 heavy (non-hydrogen) atoms. The third-order valence-corrected chi connectivity index (χ3v) is 2.53. The summed E-state index contributed by atoms with van der Waals surface area (Å²) in [7, 11) is 1.00. The molecule has 1 heterocycles. The summed E-state index contributed by atoms with van der Waals surface area (Å²) in [6.45, 7) is 2.50. The molecular formula is C11H25NO2. The van der Waals surface area contributed by atoms with Gasteiger partial charge < -0.3 is 15.5 Å². The summed E-state index contributed by atoms with van der Waals surface area (Å²) in [6.07, 6.45) is 8.70. The highest BCUT2D eigenvalue weighted by atomic mass is 16.3. The Kier molecular flexibility index (Phi) is 10.9. The van der Waals surface area contributed by atoms with E-state index in [0.717, 1.165) is 20.0 Å². The van der Waals surface area contributed by atoms with Crippen LogP contribution < -0.4 is 5.32 Å². The van der Waals surface area contributed by atoms with Gasteiger partial charge >= 0.3 is 0 Å². The first-order valence-electron chi connectivity index (χ1n) is 5.73. The van der Waals surface area contributed by atoms with Crippen molar-refractivity contribution in [2.45, 2.75) is 51.0 Å². The number of aliphatic hydroxyl groups is 2. The first-order valence-corrected chi connectivity index (χ1v) is 5.73. The molecule has 1 saturated heterocycles. The molecule has 0 bridgehead atoms. The van der Waals surface area contributed by atoms with Crippen LogP contribution in [0.2, 0.25) is 0 Å². The molecular weight excluding hydrogens is 178 g/mol. The van der Waals surface area contributed by atoms with Gasteiger partial charge in [-0.1, -0.05) is 19.3 Å². The lowest BCUT2D eigenvalue weighted by Crippen LogP contribution is -2.09. The molecule has 0 amide bonds. The summed E-state index contributed by atoms with van der Waals surface area (Å²) in [4.78, 5) is 0. The zero-order valence-corrected chi connectivity index (χ0v) is 9.34. The van der Waals surface area contributed by atoms with Crippen molar-refractivity contribution in [3.63, 3.8) is 0 Å². The van der Waals surface area contributed by atoms with E-state index in [1.54, 1.807) is 0 Å². The summed E-state index contributed by atoms with van der Waals surface area (Å²) < 4.78 is 0. The van der Waals surface area contributed by atoms with Crippen molar-refractivity contribution in [3.8, 4) is 0 Å².